The van der Waals surface area contributed by atoms with Crippen LogP contribution in [0.5, 0.6) is 5.75 Å². The minimum Gasteiger partial charge on any atom is -0.492 e. The summed E-state index contributed by atoms with van der Waals surface area (Å²) < 4.78 is 5.74. The largest absolute Gasteiger partial charge is 0.492 e. The van der Waals surface area contributed by atoms with Crippen LogP contribution in [-0.4, -0.2) is 37.0 Å². The third-order valence-electron chi connectivity index (χ3n) is 3.87. The Balaban J connectivity index is 1.77. The third-order valence-corrected chi connectivity index (χ3v) is 3.87. The van der Waals surface area contributed by atoms with Crippen molar-refractivity contribution in [3.8, 4) is 5.75 Å². The number of hydrazine groups is 1. The lowest BCUT2D eigenvalue weighted by molar-refractivity contribution is 0.0953. The van der Waals surface area contributed by atoms with Gasteiger partial charge in [0.1, 0.15) is 12.4 Å². The van der Waals surface area contributed by atoms with E-state index in [4.69, 9.17) is 10.6 Å². The van der Waals surface area contributed by atoms with Gasteiger partial charge in [-0.05, 0) is 42.5 Å². The molecule has 2 rings (SSSR count). The summed E-state index contributed by atoms with van der Waals surface area (Å²) >= 11 is 0. The van der Waals surface area contributed by atoms with E-state index in [0.717, 1.165) is 37.2 Å². The maximum absolute atomic E-state index is 11.3. The Hall–Kier alpha value is -1.59. The van der Waals surface area contributed by atoms with Crippen molar-refractivity contribution in [1.82, 2.24) is 10.3 Å². The number of benzene rings is 1. The van der Waals surface area contributed by atoms with Gasteiger partial charge in [-0.3, -0.25) is 15.1 Å². The molecule has 5 heteroatoms. The lowest BCUT2D eigenvalue weighted by Crippen LogP contribution is -2.40. The molecular formula is C16H25N3O2. The van der Waals surface area contributed by atoms with Gasteiger partial charge in [-0.1, -0.05) is 13.8 Å². The topological polar surface area (TPSA) is 67.6 Å². The maximum atomic E-state index is 11.3. The number of nitrogens with two attached hydrogens (primary N) is 1. The molecule has 1 aliphatic rings. The van der Waals surface area contributed by atoms with Crippen molar-refractivity contribution in [2.75, 3.05) is 26.2 Å². The quantitative estimate of drug-likeness (QED) is 0.492. The molecule has 0 radical (unpaired) electrons. The van der Waals surface area contributed by atoms with Crippen LogP contribution >= 0.6 is 0 Å². The zero-order valence-corrected chi connectivity index (χ0v) is 12.8. The van der Waals surface area contributed by atoms with E-state index in [1.165, 1.54) is 6.42 Å². The number of carbonyl (C=O) groups is 1. The van der Waals surface area contributed by atoms with Gasteiger partial charge in [0.15, 0.2) is 0 Å². The molecule has 3 N–H and O–H groups in total. The van der Waals surface area contributed by atoms with Gasteiger partial charge in [-0.15, -0.1) is 0 Å². The average molecular weight is 291 g/mol. The van der Waals surface area contributed by atoms with Crippen molar-refractivity contribution in [1.29, 1.82) is 0 Å². The summed E-state index contributed by atoms with van der Waals surface area (Å²) in [7, 11) is 0. The van der Waals surface area contributed by atoms with E-state index in [-0.39, 0.29) is 5.91 Å². The number of carbonyl (C=O) groups excluding carboxylic acids is 1. The first-order valence-electron chi connectivity index (χ1n) is 7.54. The van der Waals surface area contributed by atoms with Crippen LogP contribution in [0.1, 0.15) is 30.6 Å². The number of piperidine rings is 1. The summed E-state index contributed by atoms with van der Waals surface area (Å²) in [6, 6.07) is 7.02. The lowest BCUT2D eigenvalue weighted by atomic mass is 9.92. The molecule has 2 unspecified atom stereocenters. The van der Waals surface area contributed by atoms with Gasteiger partial charge in [0.25, 0.3) is 5.91 Å². The van der Waals surface area contributed by atoms with E-state index >= 15 is 0 Å². The number of hydrogen-bond acceptors (Lipinski definition) is 4. The second-order valence-electron chi connectivity index (χ2n) is 6.05. The smallest absolute Gasteiger partial charge is 0.265 e. The summed E-state index contributed by atoms with van der Waals surface area (Å²) in [4.78, 5) is 13.8. The molecule has 21 heavy (non-hydrogen) atoms. The van der Waals surface area contributed by atoms with Crippen LogP contribution in [0.25, 0.3) is 0 Å². The van der Waals surface area contributed by atoms with E-state index in [9.17, 15) is 4.79 Å². The van der Waals surface area contributed by atoms with Crippen LogP contribution < -0.4 is 16.0 Å². The molecule has 0 spiro atoms. The van der Waals surface area contributed by atoms with Gasteiger partial charge in [-0.2, -0.15) is 0 Å². The number of nitrogens with one attached hydrogen (secondary N) is 1. The van der Waals surface area contributed by atoms with Crippen LogP contribution in [-0.2, 0) is 0 Å². The first kappa shape index (κ1) is 15.8. The Bertz CT molecular complexity index is 451. The van der Waals surface area contributed by atoms with E-state index in [0.29, 0.717) is 12.2 Å². The first-order chi connectivity index (χ1) is 10.1. The van der Waals surface area contributed by atoms with Crippen molar-refractivity contribution < 1.29 is 9.53 Å². The fourth-order valence-electron chi connectivity index (χ4n) is 3.05. The molecule has 0 bridgehead atoms. The number of nitrogens with zero attached hydrogens (tertiary/aromatic N) is 1. The van der Waals surface area contributed by atoms with Gasteiger partial charge < -0.3 is 4.74 Å². The molecule has 116 valence electrons. The minimum atomic E-state index is -0.294. The van der Waals surface area contributed by atoms with Crippen LogP contribution in [0.3, 0.4) is 0 Å². The molecule has 1 fully saturated rings. The maximum Gasteiger partial charge on any atom is 0.265 e. The fraction of sp³-hybridized carbons (Fsp3) is 0.562. The van der Waals surface area contributed by atoms with Crippen molar-refractivity contribution in [2.45, 2.75) is 20.3 Å². The van der Waals surface area contributed by atoms with Gasteiger partial charge in [0.05, 0.1) is 0 Å². The van der Waals surface area contributed by atoms with Crippen LogP contribution in [0.4, 0.5) is 0 Å². The standard InChI is InChI=1S/C16H25N3O2/c1-12-9-13(2)11-19(10-12)7-8-21-15-5-3-14(4-6-15)16(20)18-17/h3-6,12-13H,7-11,17H2,1-2H3,(H,18,20). The van der Waals surface area contributed by atoms with Crippen LogP contribution in [0.2, 0.25) is 0 Å². The van der Waals surface area contributed by atoms with E-state index in [2.05, 4.69) is 24.2 Å². The predicted octanol–water partition coefficient (Wildman–Crippen LogP) is 1.65. The fourth-order valence-corrected chi connectivity index (χ4v) is 3.05. The molecule has 1 saturated heterocycles. The molecule has 0 saturated carbocycles. The zero-order valence-electron chi connectivity index (χ0n) is 12.8. The average Bonchev–Trinajstić information content (AvgIpc) is 2.46. The molecule has 1 heterocycles. The van der Waals surface area contributed by atoms with Gasteiger partial charge >= 0.3 is 0 Å². The van der Waals surface area contributed by atoms with Crippen molar-refractivity contribution in [3.05, 3.63) is 29.8 Å². The molecular weight excluding hydrogens is 266 g/mol. The number of ether oxygens (including phenoxy) is 1. The first-order valence-corrected chi connectivity index (χ1v) is 7.54. The highest BCUT2D eigenvalue weighted by Crippen LogP contribution is 2.20. The van der Waals surface area contributed by atoms with E-state index in [1.54, 1.807) is 24.3 Å². The molecule has 1 aliphatic heterocycles. The zero-order chi connectivity index (χ0) is 15.2. The minimum absolute atomic E-state index is 0.294. The summed E-state index contributed by atoms with van der Waals surface area (Å²) in [5.41, 5.74) is 2.64. The molecule has 2 atom stereocenters. The Kier molecular flexibility index (Phi) is 5.59. The van der Waals surface area contributed by atoms with Gasteiger partial charge in [0, 0.05) is 25.2 Å². The number of hydrogen-bond donors (Lipinski definition) is 2. The number of rotatable bonds is 5. The van der Waals surface area contributed by atoms with Crippen LogP contribution in [0, 0.1) is 11.8 Å². The third kappa shape index (κ3) is 4.72. The molecule has 1 aromatic rings. The summed E-state index contributed by atoms with van der Waals surface area (Å²) in [6.07, 6.45) is 1.32. The Morgan fingerprint density at radius 2 is 1.90 bits per heavy atom. The van der Waals surface area contributed by atoms with E-state index in [1.807, 2.05) is 0 Å². The summed E-state index contributed by atoms with van der Waals surface area (Å²) in [5.74, 6) is 7.11. The van der Waals surface area contributed by atoms with Gasteiger partial charge in [-0.25, -0.2) is 5.84 Å². The van der Waals surface area contributed by atoms with Crippen molar-refractivity contribution in [2.24, 2.45) is 17.7 Å². The molecule has 0 aliphatic carbocycles. The molecule has 5 nitrogen and oxygen atoms in total. The van der Waals surface area contributed by atoms with Crippen LogP contribution in [0.15, 0.2) is 24.3 Å². The number of likely N-dealkylation sites (tertiary alicyclic amines) is 1. The number of amides is 1. The summed E-state index contributed by atoms with van der Waals surface area (Å²) in [6.45, 7) is 8.55. The SMILES string of the molecule is CC1CC(C)CN(CCOc2ccc(C(=O)NN)cc2)C1. The molecule has 1 amide bonds. The highest BCUT2D eigenvalue weighted by molar-refractivity contribution is 5.93. The predicted molar refractivity (Wildman–Crippen MR) is 83.0 cm³/mol. The lowest BCUT2D eigenvalue weighted by Gasteiger charge is -2.34. The molecule has 1 aromatic carbocycles. The normalized spacial score (nSPS) is 22.8. The Labute approximate surface area is 126 Å². The highest BCUT2D eigenvalue weighted by Gasteiger charge is 2.21. The second kappa shape index (κ2) is 7.43. The monoisotopic (exact) mass is 291 g/mol. The van der Waals surface area contributed by atoms with Gasteiger partial charge in [0.2, 0.25) is 0 Å². The van der Waals surface area contributed by atoms with Crippen molar-refractivity contribution in [3.63, 3.8) is 0 Å². The Morgan fingerprint density at radius 3 is 2.48 bits per heavy atom. The Morgan fingerprint density at radius 1 is 1.29 bits per heavy atom. The second-order valence-corrected chi connectivity index (χ2v) is 6.05. The number of nitrogen functional groups attached to an aromatic ring is 1. The summed E-state index contributed by atoms with van der Waals surface area (Å²) in [5, 5.41) is 0. The molecule has 0 aromatic heterocycles. The van der Waals surface area contributed by atoms with Crippen molar-refractivity contribution >= 4 is 5.91 Å². The highest BCUT2D eigenvalue weighted by atomic mass is 16.5. The van der Waals surface area contributed by atoms with E-state index < -0.39 is 0 Å².